The van der Waals surface area contributed by atoms with E-state index in [1.54, 1.807) is 28.8 Å². The minimum absolute atomic E-state index is 0.000446. The van der Waals surface area contributed by atoms with E-state index in [0.29, 0.717) is 28.6 Å². The Morgan fingerprint density at radius 3 is 2.28 bits per heavy atom. The van der Waals surface area contributed by atoms with Gasteiger partial charge in [0.15, 0.2) is 0 Å². The van der Waals surface area contributed by atoms with Crippen LogP contribution in [-0.2, 0) is 22.6 Å². The number of carbonyl (C=O) groups excluding carboxylic acids is 2. The number of rotatable bonds is 12. The van der Waals surface area contributed by atoms with Crippen molar-refractivity contribution in [3.05, 3.63) is 100 Å². The van der Waals surface area contributed by atoms with Gasteiger partial charge < -0.3 is 10.2 Å². The summed E-state index contributed by atoms with van der Waals surface area (Å²) in [5.74, 6) is 0.352. The topological polar surface area (TPSA) is 49.4 Å². The molecule has 0 saturated carbocycles. The lowest BCUT2D eigenvalue weighted by atomic mass is 10.0. The van der Waals surface area contributed by atoms with E-state index in [1.165, 1.54) is 0 Å². The van der Waals surface area contributed by atoms with E-state index in [2.05, 4.69) is 5.32 Å². The van der Waals surface area contributed by atoms with E-state index < -0.39 is 6.04 Å². The van der Waals surface area contributed by atoms with Crippen LogP contribution in [0.5, 0.6) is 0 Å². The highest BCUT2D eigenvalue weighted by atomic mass is 35.5. The standard InChI is InChI=1S/C29H32Cl2N2O2S/c1-3-21(2)32-29(35)27(18-22-10-6-4-7-11-22)33(20-23-14-15-24(30)19-26(23)31)28(34)16-17-36-25-12-8-5-9-13-25/h4-15,19,21,27H,3,16-18,20H2,1-2H3,(H,32,35)/t21-,27-/m0/s1. The Bertz CT molecular complexity index is 1130. The summed E-state index contributed by atoms with van der Waals surface area (Å²) in [6, 6.07) is 24.3. The van der Waals surface area contributed by atoms with Crippen molar-refractivity contribution in [3.63, 3.8) is 0 Å². The zero-order chi connectivity index (χ0) is 25.9. The summed E-state index contributed by atoms with van der Waals surface area (Å²) in [4.78, 5) is 30.0. The zero-order valence-electron chi connectivity index (χ0n) is 20.6. The van der Waals surface area contributed by atoms with Gasteiger partial charge in [-0.1, -0.05) is 84.7 Å². The number of halogens is 2. The molecule has 0 saturated heterocycles. The molecule has 0 heterocycles. The second-order valence-electron chi connectivity index (χ2n) is 8.69. The van der Waals surface area contributed by atoms with E-state index in [9.17, 15) is 9.59 Å². The summed E-state index contributed by atoms with van der Waals surface area (Å²) in [7, 11) is 0. The Balaban J connectivity index is 1.89. The van der Waals surface area contributed by atoms with Gasteiger partial charge in [0.2, 0.25) is 11.8 Å². The van der Waals surface area contributed by atoms with Crippen LogP contribution in [0.1, 0.15) is 37.8 Å². The highest BCUT2D eigenvalue weighted by molar-refractivity contribution is 7.99. The fourth-order valence-electron chi connectivity index (χ4n) is 3.75. The van der Waals surface area contributed by atoms with Crippen molar-refractivity contribution >= 4 is 46.8 Å². The normalized spacial score (nSPS) is 12.6. The maximum atomic E-state index is 13.7. The molecule has 190 valence electrons. The highest BCUT2D eigenvalue weighted by Gasteiger charge is 2.31. The Morgan fingerprint density at radius 1 is 0.972 bits per heavy atom. The van der Waals surface area contributed by atoms with Crippen LogP contribution in [0.25, 0.3) is 0 Å². The van der Waals surface area contributed by atoms with Gasteiger partial charge in [0.25, 0.3) is 0 Å². The predicted molar refractivity (Wildman–Crippen MR) is 151 cm³/mol. The van der Waals surface area contributed by atoms with E-state index in [0.717, 1.165) is 22.4 Å². The molecule has 36 heavy (non-hydrogen) atoms. The first-order valence-corrected chi connectivity index (χ1v) is 13.9. The predicted octanol–water partition coefficient (Wildman–Crippen LogP) is 7.03. The van der Waals surface area contributed by atoms with Crippen molar-refractivity contribution in [1.82, 2.24) is 10.2 Å². The molecule has 0 bridgehead atoms. The van der Waals surface area contributed by atoms with Gasteiger partial charge in [-0.3, -0.25) is 9.59 Å². The van der Waals surface area contributed by atoms with Crippen molar-refractivity contribution in [2.75, 3.05) is 5.75 Å². The number of nitrogens with one attached hydrogen (secondary N) is 1. The van der Waals surface area contributed by atoms with Crippen LogP contribution < -0.4 is 5.32 Å². The maximum Gasteiger partial charge on any atom is 0.243 e. The number of carbonyl (C=O) groups is 2. The minimum atomic E-state index is -0.678. The Labute approximate surface area is 228 Å². The monoisotopic (exact) mass is 542 g/mol. The van der Waals surface area contributed by atoms with Gasteiger partial charge in [-0.15, -0.1) is 11.8 Å². The fourth-order valence-corrected chi connectivity index (χ4v) is 5.08. The molecule has 0 unspecified atom stereocenters. The molecule has 3 aromatic rings. The lowest BCUT2D eigenvalue weighted by Crippen LogP contribution is -2.52. The molecular formula is C29H32Cl2N2O2S. The number of hydrogen-bond donors (Lipinski definition) is 1. The Hall–Kier alpha value is -2.47. The number of benzene rings is 3. The van der Waals surface area contributed by atoms with Gasteiger partial charge in [-0.25, -0.2) is 0 Å². The quantitative estimate of drug-likeness (QED) is 0.250. The Morgan fingerprint density at radius 2 is 1.64 bits per heavy atom. The summed E-state index contributed by atoms with van der Waals surface area (Å²) >= 11 is 14.2. The van der Waals surface area contributed by atoms with Crippen LogP contribution >= 0.6 is 35.0 Å². The first kappa shape index (κ1) is 28.1. The van der Waals surface area contributed by atoms with Crippen LogP contribution in [-0.4, -0.2) is 34.6 Å². The second kappa shape index (κ2) is 14.3. The van der Waals surface area contributed by atoms with Crippen molar-refractivity contribution in [1.29, 1.82) is 0 Å². The zero-order valence-corrected chi connectivity index (χ0v) is 23.0. The van der Waals surface area contributed by atoms with Gasteiger partial charge in [-0.2, -0.15) is 0 Å². The van der Waals surface area contributed by atoms with E-state index in [4.69, 9.17) is 23.2 Å². The van der Waals surface area contributed by atoms with Crippen molar-refractivity contribution in [2.45, 2.75) is 56.6 Å². The number of thioether (sulfide) groups is 1. The Kier molecular flexibility index (Phi) is 11.2. The van der Waals surface area contributed by atoms with Gasteiger partial charge in [-0.05, 0) is 48.7 Å². The lowest BCUT2D eigenvalue weighted by molar-refractivity contribution is -0.141. The number of hydrogen-bond acceptors (Lipinski definition) is 3. The van der Waals surface area contributed by atoms with Crippen molar-refractivity contribution < 1.29 is 9.59 Å². The van der Waals surface area contributed by atoms with Crippen LogP contribution in [0.4, 0.5) is 0 Å². The lowest BCUT2D eigenvalue weighted by Gasteiger charge is -2.32. The van der Waals surface area contributed by atoms with Gasteiger partial charge in [0.1, 0.15) is 6.04 Å². The van der Waals surface area contributed by atoms with Crippen LogP contribution in [0, 0.1) is 0 Å². The summed E-state index contributed by atoms with van der Waals surface area (Å²) in [6.45, 7) is 4.21. The molecule has 2 amide bonds. The first-order valence-electron chi connectivity index (χ1n) is 12.1. The fraction of sp³-hybridized carbons (Fsp3) is 0.310. The third-order valence-electron chi connectivity index (χ3n) is 5.96. The molecule has 0 aliphatic carbocycles. The molecule has 0 aliphatic rings. The molecule has 3 aromatic carbocycles. The summed E-state index contributed by atoms with van der Waals surface area (Å²) < 4.78 is 0. The highest BCUT2D eigenvalue weighted by Crippen LogP contribution is 2.25. The number of amides is 2. The molecular weight excluding hydrogens is 511 g/mol. The van der Waals surface area contributed by atoms with Gasteiger partial charge >= 0.3 is 0 Å². The molecule has 7 heteroatoms. The van der Waals surface area contributed by atoms with Crippen molar-refractivity contribution in [2.24, 2.45) is 0 Å². The summed E-state index contributed by atoms with van der Waals surface area (Å²) in [5, 5.41) is 4.08. The van der Waals surface area contributed by atoms with E-state index >= 15 is 0 Å². The largest absolute Gasteiger partial charge is 0.352 e. The summed E-state index contributed by atoms with van der Waals surface area (Å²) in [5.41, 5.74) is 1.74. The molecule has 0 spiro atoms. The smallest absolute Gasteiger partial charge is 0.243 e. The number of nitrogens with zero attached hydrogens (tertiary/aromatic N) is 1. The SMILES string of the molecule is CC[C@H](C)NC(=O)[C@H](Cc1ccccc1)N(Cc1ccc(Cl)cc1Cl)C(=O)CCSc1ccccc1. The molecule has 0 aliphatic heterocycles. The average Bonchev–Trinajstić information content (AvgIpc) is 2.88. The average molecular weight is 544 g/mol. The summed E-state index contributed by atoms with van der Waals surface area (Å²) in [6.07, 6.45) is 1.51. The molecule has 0 radical (unpaired) electrons. The molecule has 0 aromatic heterocycles. The molecule has 0 fully saturated rings. The van der Waals surface area contributed by atoms with Gasteiger partial charge in [0, 0.05) is 46.1 Å². The van der Waals surface area contributed by atoms with E-state index in [-0.39, 0.29) is 24.4 Å². The van der Waals surface area contributed by atoms with Crippen LogP contribution in [0.15, 0.2) is 83.8 Å². The molecule has 2 atom stereocenters. The third-order valence-corrected chi connectivity index (χ3v) is 7.56. The van der Waals surface area contributed by atoms with Gasteiger partial charge in [0.05, 0.1) is 0 Å². The molecule has 4 nitrogen and oxygen atoms in total. The van der Waals surface area contributed by atoms with Crippen LogP contribution in [0.2, 0.25) is 10.0 Å². The molecule has 1 N–H and O–H groups in total. The molecule has 3 rings (SSSR count). The minimum Gasteiger partial charge on any atom is -0.352 e. The van der Waals surface area contributed by atoms with E-state index in [1.807, 2.05) is 80.6 Å². The second-order valence-corrected chi connectivity index (χ2v) is 10.7. The van der Waals surface area contributed by atoms with Crippen molar-refractivity contribution in [3.8, 4) is 0 Å². The van der Waals surface area contributed by atoms with Crippen LogP contribution in [0.3, 0.4) is 0 Å². The maximum absolute atomic E-state index is 13.7. The first-order chi connectivity index (χ1) is 17.4. The third kappa shape index (κ3) is 8.58.